The molecule has 4 aromatic rings. The monoisotopic (exact) mass is 393 g/mol. The van der Waals surface area contributed by atoms with Crippen molar-refractivity contribution in [3.05, 3.63) is 54.5 Å². The average Bonchev–Trinajstić information content (AvgIpc) is 3.09. The van der Waals surface area contributed by atoms with E-state index >= 15 is 0 Å². The van der Waals surface area contributed by atoms with E-state index in [1.165, 1.54) is 0 Å². The number of ketones is 1. The summed E-state index contributed by atoms with van der Waals surface area (Å²) in [5.41, 5.74) is 1.77. The quantitative estimate of drug-likeness (QED) is 0.473. The maximum absolute atomic E-state index is 13.0. The van der Waals surface area contributed by atoms with Crippen LogP contribution in [0.5, 0.6) is 0 Å². The topological polar surface area (TPSA) is 83.6 Å². The highest BCUT2D eigenvalue weighted by molar-refractivity contribution is 6.07. The highest BCUT2D eigenvalue weighted by Crippen LogP contribution is 2.44. The Kier molecular flexibility index (Phi) is 4.01. The second kappa shape index (κ2) is 6.58. The molecule has 1 aliphatic rings. The standard InChI is InChI=1S/C21H17F2N5O/c22-21(23)10-12(11-21)8-17(29)18-15-4-3-14(9-13(15)5-7-24-18)26-20-16-2-1-6-25-19(16)27-28-20/h1-7,9,12H,8,10-11H2,(H2,25,26,27,28). The number of aromatic amines is 1. The molecular formula is C21H17F2N5O. The van der Waals surface area contributed by atoms with Crippen molar-refractivity contribution in [3.8, 4) is 0 Å². The molecule has 1 saturated carbocycles. The highest BCUT2D eigenvalue weighted by atomic mass is 19.3. The first-order valence-electron chi connectivity index (χ1n) is 9.34. The van der Waals surface area contributed by atoms with Crippen molar-refractivity contribution in [2.75, 3.05) is 5.32 Å². The Balaban J connectivity index is 1.40. The fraction of sp³-hybridized carbons (Fsp3) is 0.238. The van der Waals surface area contributed by atoms with Gasteiger partial charge in [0, 0.05) is 42.7 Å². The number of hydrogen-bond acceptors (Lipinski definition) is 5. The minimum Gasteiger partial charge on any atom is -0.340 e. The molecule has 0 amide bonds. The van der Waals surface area contributed by atoms with E-state index in [4.69, 9.17) is 0 Å². The summed E-state index contributed by atoms with van der Waals surface area (Å²) in [5, 5.41) is 12.8. The zero-order valence-electron chi connectivity index (χ0n) is 15.3. The lowest BCUT2D eigenvalue weighted by Gasteiger charge is -2.34. The molecule has 5 rings (SSSR count). The predicted octanol–water partition coefficient (Wildman–Crippen LogP) is 4.87. The van der Waals surface area contributed by atoms with Crippen LogP contribution in [-0.2, 0) is 0 Å². The Bertz CT molecular complexity index is 1230. The number of carbonyl (C=O) groups is 1. The van der Waals surface area contributed by atoms with Crippen LogP contribution < -0.4 is 5.32 Å². The van der Waals surface area contributed by atoms with Gasteiger partial charge < -0.3 is 5.32 Å². The van der Waals surface area contributed by atoms with Crippen molar-refractivity contribution in [2.24, 2.45) is 5.92 Å². The fourth-order valence-corrected chi connectivity index (χ4v) is 3.86. The van der Waals surface area contributed by atoms with Crippen LogP contribution in [0.3, 0.4) is 0 Å². The third kappa shape index (κ3) is 3.30. The molecule has 0 unspecified atom stereocenters. The molecule has 3 heterocycles. The van der Waals surface area contributed by atoms with Gasteiger partial charge in [-0.25, -0.2) is 13.8 Å². The van der Waals surface area contributed by atoms with Crippen LogP contribution in [0.4, 0.5) is 20.3 Å². The normalized spacial score (nSPS) is 16.1. The van der Waals surface area contributed by atoms with E-state index in [2.05, 4.69) is 25.5 Å². The summed E-state index contributed by atoms with van der Waals surface area (Å²) in [5.74, 6) is -2.35. The molecule has 0 aliphatic heterocycles. The molecule has 6 nitrogen and oxygen atoms in total. The van der Waals surface area contributed by atoms with Crippen molar-refractivity contribution in [2.45, 2.75) is 25.2 Å². The molecule has 3 aromatic heterocycles. The molecule has 0 atom stereocenters. The van der Waals surface area contributed by atoms with Crippen LogP contribution in [-0.4, -0.2) is 31.9 Å². The van der Waals surface area contributed by atoms with Crippen molar-refractivity contribution in [3.63, 3.8) is 0 Å². The van der Waals surface area contributed by atoms with Gasteiger partial charge >= 0.3 is 0 Å². The van der Waals surface area contributed by atoms with Crippen molar-refractivity contribution in [1.82, 2.24) is 20.2 Å². The van der Waals surface area contributed by atoms with Crippen molar-refractivity contribution >= 4 is 39.1 Å². The van der Waals surface area contributed by atoms with Crippen LogP contribution in [0.25, 0.3) is 21.8 Å². The number of benzene rings is 1. The predicted molar refractivity (Wildman–Crippen MR) is 106 cm³/mol. The summed E-state index contributed by atoms with van der Waals surface area (Å²) in [4.78, 5) is 21.0. The van der Waals surface area contributed by atoms with Crippen LogP contribution in [0, 0.1) is 5.92 Å². The van der Waals surface area contributed by atoms with Gasteiger partial charge in [-0.05, 0) is 41.6 Å². The Morgan fingerprint density at radius 2 is 2.00 bits per heavy atom. The highest BCUT2D eigenvalue weighted by Gasteiger charge is 2.45. The average molecular weight is 393 g/mol. The molecule has 1 aliphatic carbocycles. The lowest BCUT2D eigenvalue weighted by Crippen LogP contribution is -2.36. The summed E-state index contributed by atoms with van der Waals surface area (Å²) in [6.45, 7) is 0. The Labute approximate surface area is 164 Å². The van der Waals surface area contributed by atoms with E-state index in [0.717, 1.165) is 22.3 Å². The number of hydrogen-bond donors (Lipinski definition) is 2. The number of nitrogens with one attached hydrogen (secondary N) is 2. The molecule has 0 radical (unpaired) electrons. The number of pyridine rings is 2. The number of fused-ring (bicyclic) bond motifs is 2. The van der Waals surface area contributed by atoms with E-state index in [9.17, 15) is 13.6 Å². The van der Waals surface area contributed by atoms with Crippen LogP contribution in [0.1, 0.15) is 29.8 Å². The Morgan fingerprint density at radius 1 is 1.14 bits per heavy atom. The second-order valence-corrected chi connectivity index (χ2v) is 7.45. The van der Waals surface area contributed by atoms with Gasteiger partial charge in [-0.3, -0.25) is 14.9 Å². The number of anilines is 2. The van der Waals surface area contributed by atoms with Crippen LogP contribution in [0.2, 0.25) is 0 Å². The van der Waals surface area contributed by atoms with E-state index in [1.807, 2.05) is 36.4 Å². The van der Waals surface area contributed by atoms with Gasteiger partial charge in [0.15, 0.2) is 11.4 Å². The summed E-state index contributed by atoms with van der Waals surface area (Å²) in [6.07, 6.45) is 2.92. The molecule has 1 fully saturated rings. The number of alkyl halides is 2. The van der Waals surface area contributed by atoms with Gasteiger partial charge in [-0.15, -0.1) is 0 Å². The van der Waals surface area contributed by atoms with Crippen molar-refractivity contribution in [1.29, 1.82) is 0 Å². The number of aromatic nitrogens is 4. The van der Waals surface area contributed by atoms with Gasteiger partial charge in [0.2, 0.25) is 5.92 Å². The third-order valence-electron chi connectivity index (χ3n) is 5.28. The first kappa shape index (κ1) is 17.7. The first-order valence-corrected chi connectivity index (χ1v) is 9.34. The number of H-pyrrole nitrogens is 1. The number of halogens is 2. The van der Waals surface area contributed by atoms with Crippen molar-refractivity contribution < 1.29 is 13.6 Å². The second-order valence-electron chi connectivity index (χ2n) is 7.45. The van der Waals surface area contributed by atoms with Crippen LogP contribution in [0.15, 0.2) is 48.8 Å². The molecule has 1 aromatic carbocycles. The number of nitrogens with zero attached hydrogens (tertiary/aromatic N) is 3. The van der Waals surface area contributed by atoms with Gasteiger partial charge in [0.25, 0.3) is 0 Å². The largest absolute Gasteiger partial charge is 0.340 e. The molecule has 0 saturated heterocycles. The Morgan fingerprint density at radius 3 is 2.83 bits per heavy atom. The molecular weight excluding hydrogens is 376 g/mol. The molecule has 0 bridgehead atoms. The summed E-state index contributed by atoms with van der Waals surface area (Å²) < 4.78 is 26.1. The van der Waals surface area contributed by atoms with Crippen LogP contribution >= 0.6 is 0 Å². The third-order valence-corrected chi connectivity index (χ3v) is 5.28. The maximum atomic E-state index is 13.0. The van der Waals surface area contributed by atoms with Gasteiger partial charge in [-0.2, -0.15) is 5.10 Å². The van der Waals surface area contributed by atoms with E-state index in [1.54, 1.807) is 12.4 Å². The van der Waals surface area contributed by atoms with Gasteiger partial charge in [-0.1, -0.05) is 6.07 Å². The van der Waals surface area contributed by atoms with E-state index < -0.39 is 5.92 Å². The van der Waals surface area contributed by atoms with E-state index in [-0.39, 0.29) is 31.0 Å². The molecule has 0 spiro atoms. The zero-order chi connectivity index (χ0) is 20.0. The lowest BCUT2D eigenvalue weighted by atomic mass is 9.78. The zero-order valence-corrected chi connectivity index (χ0v) is 15.3. The fourth-order valence-electron chi connectivity index (χ4n) is 3.86. The van der Waals surface area contributed by atoms with E-state index in [0.29, 0.717) is 16.7 Å². The molecule has 8 heteroatoms. The summed E-state index contributed by atoms with van der Waals surface area (Å²) in [7, 11) is 0. The van der Waals surface area contributed by atoms with Gasteiger partial charge in [0.1, 0.15) is 11.5 Å². The molecule has 29 heavy (non-hydrogen) atoms. The SMILES string of the molecule is O=C(CC1CC(F)(F)C1)c1nccc2cc(Nc3[nH]nc4ncccc34)ccc12. The first-order chi connectivity index (χ1) is 14.0. The van der Waals surface area contributed by atoms with Gasteiger partial charge in [0.05, 0.1) is 5.39 Å². The maximum Gasteiger partial charge on any atom is 0.248 e. The smallest absolute Gasteiger partial charge is 0.248 e. The number of Topliss-reactive ketones (excluding diaryl/α,β-unsaturated/α-hetero) is 1. The molecule has 2 N–H and O–H groups in total. The molecule has 146 valence electrons. The Hall–Kier alpha value is -3.42. The summed E-state index contributed by atoms with van der Waals surface area (Å²) in [6, 6.07) is 11.2. The number of carbonyl (C=O) groups excluding carboxylic acids is 1. The number of rotatable bonds is 5. The minimum atomic E-state index is -2.62. The lowest BCUT2D eigenvalue weighted by molar-refractivity contribution is -0.109. The minimum absolute atomic E-state index is 0.106. The summed E-state index contributed by atoms with van der Waals surface area (Å²) >= 11 is 0.